The molecule has 0 spiro atoms. The van der Waals surface area contributed by atoms with Crippen LogP contribution in [-0.2, 0) is 6.42 Å². The van der Waals surface area contributed by atoms with Gasteiger partial charge in [-0.25, -0.2) is 0 Å². The molecule has 0 fully saturated rings. The smallest absolute Gasteiger partial charge is 0.159 e. The molecule has 276 valence electrons. The van der Waals surface area contributed by atoms with Crippen LogP contribution in [0.25, 0.3) is 65.8 Å². The molecule has 12 rings (SSSR count). The zero-order chi connectivity index (χ0) is 38.5. The van der Waals surface area contributed by atoms with E-state index in [0.717, 1.165) is 78.7 Å². The lowest BCUT2D eigenvalue weighted by molar-refractivity contribution is 0.667. The standard InChI is InChI=1S/C54H38N2O2/c1-33-31-47(55(35-15-5-3-6-16-35)45-23-13-21-41-39-19-9-11-25-49(39)57-53(41)45)43-30-28-38-34(2)32-48(44-29-27-37(33)51(43)52(38)44)56(36-17-7-4-8-18-36)46-24-14-22-42-40-20-10-12-26-50(40)58-54(42)46/h3-27,29-32,47H,28H2,1-2H3. The third-order valence-corrected chi connectivity index (χ3v) is 12.4. The van der Waals surface area contributed by atoms with Crippen molar-refractivity contribution in [3.05, 3.63) is 198 Å². The Morgan fingerprint density at radius 3 is 1.79 bits per heavy atom. The summed E-state index contributed by atoms with van der Waals surface area (Å²) in [5.74, 6) is 0. The van der Waals surface area contributed by atoms with Crippen molar-refractivity contribution >= 4 is 94.2 Å². The molecule has 2 aliphatic carbocycles. The van der Waals surface area contributed by atoms with Crippen molar-refractivity contribution in [3.8, 4) is 0 Å². The summed E-state index contributed by atoms with van der Waals surface area (Å²) in [5, 5.41) is 7.04. The quantitative estimate of drug-likeness (QED) is 0.170. The molecule has 1 unspecified atom stereocenters. The lowest BCUT2D eigenvalue weighted by atomic mass is 9.75. The van der Waals surface area contributed by atoms with Gasteiger partial charge in [0.25, 0.3) is 0 Å². The molecule has 0 saturated carbocycles. The Kier molecular flexibility index (Phi) is 7.15. The maximum atomic E-state index is 6.72. The Morgan fingerprint density at radius 1 is 0.517 bits per heavy atom. The molecule has 0 saturated heterocycles. The normalized spacial score (nSPS) is 14.7. The molecule has 1 atom stereocenters. The van der Waals surface area contributed by atoms with E-state index in [-0.39, 0.29) is 6.04 Å². The van der Waals surface area contributed by atoms with E-state index in [9.17, 15) is 0 Å². The molecule has 0 amide bonds. The SMILES string of the molecule is CC1=CC(N(c2ccccc2)c2cccc3c2oc2ccccc23)C2=CCc3c(C)cc(N(c4ccccc4)c4cccc5c4oc4ccccc45)c4ccc1c2c34. The summed E-state index contributed by atoms with van der Waals surface area (Å²) >= 11 is 0. The molecular weight excluding hydrogens is 709 g/mol. The molecule has 8 aromatic carbocycles. The molecule has 10 aromatic rings. The van der Waals surface area contributed by atoms with Crippen LogP contribution in [0.1, 0.15) is 29.2 Å². The molecule has 58 heavy (non-hydrogen) atoms. The lowest BCUT2D eigenvalue weighted by Crippen LogP contribution is -2.34. The summed E-state index contributed by atoms with van der Waals surface area (Å²) in [6.07, 6.45) is 5.79. The van der Waals surface area contributed by atoms with Crippen molar-refractivity contribution in [2.75, 3.05) is 9.80 Å². The number of fused-ring (bicyclic) bond motifs is 6. The van der Waals surface area contributed by atoms with Crippen LogP contribution in [0, 0.1) is 6.92 Å². The maximum Gasteiger partial charge on any atom is 0.159 e. The van der Waals surface area contributed by atoms with Crippen molar-refractivity contribution in [2.24, 2.45) is 0 Å². The molecule has 0 bridgehead atoms. The van der Waals surface area contributed by atoms with Gasteiger partial charge in [0.2, 0.25) is 0 Å². The number of allylic oxidation sites excluding steroid dienone is 2. The predicted molar refractivity (Wildman–Crippen MR) is 242 cm³/mol. The van der Waals surface area contributed by atoms with Gasteiger partial charge in [-0.15, -0.1) is 0 Å². The number of rotatable bonds is 6. The van der Waals surface area contributed by atoms with E-state index in [2.05, 4.69) is 187 Å². The summed E-state index contributed by atoms with van der Waals surface area (Å²) < 4.78 is 13.4. The van der Waals surface area contributed by atoms with Crippen molar-refractivity contribution in [1.29, 1.82) is 0 Å². The van der Waals surface area contributed by atoms with Crippen LogP contribution in [0.5, 0.6) is 0 Å². The number of furan rings is 2. The zero-order valence-electron chi connectivity index (χ0n) is 32.2. The average molecular weight is 747 g/mol. The highest BCUT2D eigenvalue weighted by molar-refractivity contribution is 6.16. The molecule has 0 N–H and O–H groups in total. The Labute approximate surface area is 336 Å². The van der Waals surface area contributed by atoms with E-state index in [1.807, 2.05) is 12.1 Å². The average Bonchev–Trinajstić information content (AvgIpc) is 3.85. The summed E-state index contributed by atoms with van der Waals surface area (Å²) in [5.41, 5.74) is 16.8. The van der Waals surface area contributed by atoms with Gasteiger partial charge in [0.05, 0.1) is 23.1 Å². The topological polar surface area (TPSA) is 32.8 Å². The molecule has 0 aliphatic heterocycles. The number of hydrogen-bond acceptors (Lipinski definition) is 4. The minimum absolute atomic E-state index is 0.0778. The van der Waals surface area contributed by atoms with Gasteiger partial charge >= 0.3 is 0 Å². The van der Waals surface area contributed by atoms with Gasteiger partial charge in [-0.1, -0.05) is 121 Å². The van der Waals surface area contributed by atoms with Gasteiger partial charge in [-0.05, 0) is 114 Å². The highest BCUT2D eigenvalue weighted by Gasteiger charge is 2.35. The van der Waals surface area contributed by atoms with Crippen molar-refractivity contribution in [1.82, 2.24) is 0 Å². The van der Waals surface area contributed by atoms with Gasteiger partial charge in [0.1, 0.15) is 11.2 Å². The highest BCUT2D eigenvalue weighted by Crippen LogP contribution is 2.52. The van der Waals surface area contributed by atoms with Crippen molar-refractivity contribution in [2.45, 2.75) is 26.3 Å². The molecule has 0 radical (unpaired) electrons. The predicted octanol–water partition coefficient (Wildman–Crippen LogP) is 15.0. The minimum Gasteiger partial charge on any atom is -0.454 e. The number of benzene rings is 8. The van der Waals surface area contributed by atoms with Crippen LogP contribution < -0.4 is 9.80 Å². The Hall–Kier alpha value is -7.30. The first-order valence-corrected chi connectivity index (χ1v) is 20.1. The van der Waals surface area contributed by atoms with Crippen LogP contribution in [0.3, 0.4) is 0 Å². The van der Waals surface area contributed by atoms with Crippen LogP contribution in [0.15, 0.2) is 185 Å². The minimum atomic E-state index is -0.0778. The summed E-state index contributed by atoms with van der Waals surface area (Å²) in [7, 11) is 0. The first-order valence-electron chi connectivity index (χ1n) is 20.1. The third-order valence-electron chi connectivity index (χ3n) is 12.4. The largest absolute Gasteiger partial charge is 0.454 e. The van der Waals surface area contributed by atoms with E-state index in [1.165, 1.54) is 44.2 Å². The second-order valence-electron chi connectivity index (χ2n) is 15.6. The first-order chi connectivity index (χ1) is 28.6. The molecule has 4 nitrogen and oxygen atoms in total. The van der Waals surface area contributed by atoms with E-state index < -0.39 is 0 Å². The number of hydrogen-bond donors (Lipinski definition) is 0. The lowest BCUT2D eigenvalue weighted by Gasteiger charge is -2.39. The summed E-state index contributed by atoms with van der Waals surface area (Å²) in [4.78, 5) is 4.89. The van der Waals surface area contributed by atoms with Crippen LogP contribution in [-0.4, -0.2) is 6.04 Å². The highest BCUT2D eigenvalue weighted by atomic mass is 16.3. The van der Waals surface area contributed by atoms with E-state index >= 15 is 0 Å². The number of anilines is 5. The van der Waals surface area contributed by atoms with Crippen LogP contribution in [0.4, 0.5) is 28.4 Å². The number of aryl methyl sites for hydroxylation is 1. The summed E-state index contributed by atoms with van der Waals surface area (Å²) in [6, 6.07) is 58.3. The van der Waals surface area contributed by atoms with Gasteiger partial charge in [-0.2, -0.15) is 0 Å². The van der Waals surface area contributed by atoms with Crippen LogP contribution >= 0.6 is 0 Å². The number of para-hydroxylation sites is 6. The maximum absolute atomic E-state index is 6.72. The van der Waals surface area contributed by atoms with E-state index in [1.54, 1.807) is 0 Å². The Balaban J connectivity index is 1.10. The van der Waals surface area contributed by atoms with Crippen molar-refractivity contribution < 1.29 is 8.83 Å². The second kappa shape index (κ2) is 12.6. The van der Waals surface area contributed by atoms with Gasteiger partial charge < -0.3 is 18.6 Å². The second-order valence-corrected chi connectivity index (χ2v) is 15.6. The monoisotopic (exact) mass is 746 g/mol. The van der Waals surface area contributed by atoms with Crippen molar-refractivity contribution in [3.63, 3.8) is 0 Å². The Morgan fingerprint density at radius 2 is 1.10 bits per heavy atom. The zero-order valence-corrected chi connectivity index (χ0v) is 32.2. The third kappa shape index (κ3) is 4.75. The molecular formula is C54H38N2O2. The first kappa shape index (κ1) is 32.9. The molecule has 2 aliphatic rings. The fourth-order valence-electron chi connectivity index (χ4n) is 9.84. The van der Waals surface area contributed by atoms with Gasteiger partial charge in [-0.3, -0.25) is 0 Å². The van der Waals surface area contributed by atoms with Gasteiger partial charge in [0.15, 0.2) is 11.2 Å². The van der Waals surface area contributed by atoms with Crippen LogP contribution in [0.2, 0.25) is 0 Å². The number of nitrogens with zero attached hydrogens (tertiary/aromatic N) is 2. The van der Waals surface area contributed by atoms with E-state index in [0.29, 0.717) is 0 Å². The fourth-order valence-corrected chi connectivity index (χ4v) is 9.84. The van der Waals surface area contributed by atoms with E-state index in [4.69, 9.17) is 8.83 Å². The van der Waals surface area contributed by atoms with Gasteiger partial charge in [0, 0.05) is 38.3 Å². The molecule has 2 aromatic heterocycles. The molecule has 2 heterocycles. The Bertz CT molecular complexity index is 3350. The summed E-state index contributed by atoms with van der Waals surface area (Å²) in [6.45, 7) is 4.55. The fraction of sp³-hybridized carbons (Fsp3) is 0.0741. The molecule has 4 heteroatoms.